The Morgan fingerprint density at radius 2 is 1.62 bits per heavy atom. The van der Waals surface area contributed by atoms with Gasteiger partial charge in [-0.1, -0.05) is 12.1 Å². The van der Waals surface area contributed by atoms with Crippen LogP contribution in [0.4, 0.5) is 0 Å². The molecular formula is C29H31N3O3S2. The van der Waals surface area contributed by atoms with Crippen LogP contribution in [0.25, 0.3) is 5.69 Å². The summed E-state index contributed by atoms with van der Waals surface area (Å²) in [6.45, 7) is 2.91. The SMILES string of the molecule is CSc1sc(C(=O)N2CCC3(CCN(C(=O)c4ccccc4-n4cccc4)CC3)C2)c2c1C(=O)CCC2. The topological polar surface area (TPSA) is 62.6 Å². The normalized spacial score (nSPS) is 18.9. The lowest BCUT2D eigenvalue weighted by atomic mass is 9.77. The van der Waals surface area contributed by atoms with Crippen molar-refractivity contribution < 1.29 is 14.4 Å². The van der Waals surface area contributed by atoms with E-state index in [2.05, 4.69) is 0 Å². The second kappa shape index (κ2) is 9.80. The highest BCUT2D eigenvalue weighted by molar-refractivity contribution is 8.00. The van der Waals surface area contributed by atoms with E-state index in [0.717, 1.165) is 76.7 Å². The molecule has 2 amide bonds. The molecule has 6 rings (SSSR count). The average molecular weight is 534 g/mol. The lowest BCUT2D eigenvalue weighted by Crippen LogP contribution is -2.45. The number of carbonyl (C=O) groups excluding carboxylic acids is 3. The van der Waals surface area contributed by atoms with Gasteiger partial charge in [0.25, 0.3) is 11.8 Å². The van der Waals surface area contributed by atoms with Crippen LogP contribution in [0, 0.1) is 5.41 Å². The van der Waals surface area contributed by atoms with Crippen molar-refractivity contribution in [1.82, 2.24) is 14.4 Å². The van der Waals surface area contributed by atoms with Crippen LogP contribution in [-0.2, 0) is 6.42 Å². The first-order valence-corrected chi connectivity index (χ1v) is 15.1. The standard InChI is InChI=1S/C29H31N3O3S2/c1-36-28-24-21(8-6-10-23(24)33)25(37-28)27(35)32-18-13-29(19-32)11-16-31(17-12-29)26(34)20-7-2-3-9-22(20)30-14-4-5-15-30/h2-5,7,9,14-15H,6,8,10-13,16-19H2,1H3. The Kier molecular flexibility index (Phi) is 6.49. The molecule has 0 atom stereocenters. The van der Waals surface area contributed by atoms with Gasteiger partial charge in [-0.05, 0) is 73.6 Å². The molecule has 2 saturated heterocycles. The van der Waals surface area contributed by atoms with Crippen molar-refractivity contribution in [3.8, 4) is 5.69 Å². The number of nitrogens with zero attached hydrogens (tertiary/aromatic N) is 3. The fourth-order valence-electron chi connectivity index (χ4n) is 6.22. The lowest BCUT2D eigenvalue weighted by molar-refractivity contribution is 0.0566. The van der Waals surface area contributed by atoms with Crippen LogP contribution in [0.1, 0.15) is 68.1 Å². The Morgan fingerprint density at radius 3 is 2.35 bits per heavy atom. The molecule has 8 heteroatoms. The monoisotopic (exact) mass is 533 g/mol. The van der Waals surface area contributed by atoms with Gasteiger partial charge in [0.2, 0.25) is 0 Å². The maximum absolute atomic E-state index is 13.6. The van der Waals surface area contributed by atoms with E-state index in [0.29, 0.717) is 19.5 Å². The number of rotatable bonds is 4. The molecule has 0 N–H and O–H groups in total. The zero-order chi connectivity index (χ0) is 25.6. The number of benzene rings is 1. The van der Waals surface area contributed by atoms with Gasteiger partial charge in [0, 0.05) is 50.6 Å². The van der Waals surface area contributed by atoms with Crippen LogP contribution in [0.2, 0.25) is 0 Å². The van der Waals surface area contributed by atoms with Crippen molar-refractivity contribution in [3.63, 3.8) is 0 Å². The van der Waals surface area contributed by atoms with E-state index in [1.165, 1.54) is 11.3 Å². The third kappa shape index (κ3) is 4.34. The number of hydrogen-bond donors (Lipinski definition) is 0. The average Bonchev–Trinajstić information content (AvgIpc) is 3.68. The Balaban J connectivity index is 1.14. The van der Waals surface area contributed by atoms with Gasteiger partial charge < -0.3 is 14.4 Å². The van der Waals surface area contributed by atoms with Crippen molar-refractivity contribution in [2.75, 3.05) is 32.4 Å². The number of likely N-dealkylation sites (tertiary alicyclic amines) is 2. The van der Waals surface area contributed by atoms with Gasteiger partial charge in [-0.2, -0.15) is 0 Å². The number of thiophene rings is 1. The fourth-order valence-corrected chi connectivity index (χ4v) is 8.31. The molecule has 0 saturated carbocycles. The van der Waals surface area contributed by atoms with Crippen LogP contribution in [0.3, 0.4) is 0 Å². The van der Waals surface area contributed by atoms with Crippen molar-refractivity contribution in [3.05, 3.63) is 70.4 Å². The summed E-state index contributed by atoms with van der Waals surface area (Å²) in [5.74, 6) is 0.353. The van der Waals surface area contributed by atoms with Crippen LogP contribution < -0.4 is 0 Å². The number of hydrogen-bond acceptors (Lipinski definition) is 5. The van der Waals surface area contributed by atoms with E-state index >= 15 is 0 Å². The quantitative estimate of drug-likeness (QED) is 0.413. The summed E-state index contributed by atoms with van der Waals surface area (Å²) in [4.78, 5) is 44.5. The molecule has 1 spiro atoms. The minimum atomic E-state index is 0.0713. The van der Waals surface area contributed by atoms with Gasteiger partial charge in [0.1, 0.15) is 0 Å². The van der Waals surface area contributed by atoms with Crippen molar-refractivity contribution in [1.29, 1.82) is 0 Å². The van der Waals surface area contributed by atoms with Gasteiger partial charge in [0.05, 0.1) is 20.3 Å². The Morgan fingerprint density at radius 1 is 0.919 bits per heavy atom. The van der Waals surface area contributed by atoms with Crippen LogP contribution >= 0.6 is 23.1 Å². The molecule has 37 heavy (non-hydrogen) atoms. The molecule has 2 fully saturated rings. The lowest BCUT2D eigenvalue weighted by Gasteiger charge is -2.39. The molecule has 4 heterocycles. The van der Waals surface area contributed by atoms with E-state index in [-0.39, 0.29) is 23.0 Å². The number of para-hydroxylation sites is 1. The predicted molar refractivity (Wildman–Crippen MR) is 147 cm³/mol. The Hall–Kier alpha value is -2.84. The zero-order valence-electron chi connectivity index (χ0n) is 21.1. The molecule has 6 nitrogen and oxygen atoms in total. The first-order chi connectivity index (χ1) is 18.0. The molecular weight excluding hydrogens is 502 g/mol. The van der Waals surface area contributed by atoms with Crippen molar-refractivity contribution in [2.45, 2.75) is 42.7 Å². The Labute approximate surface area is 225 Å². The molecule has 2 aromatic heterocycles. The fraction of sp³-hybridized carbons (Fsp3) is 0.414. The van der Waals surface area contributed by atoms with Crippen LogP contribution in [-0.4, -0.2) is 64.4 Å². The number of thioether (sulfide) groups is 1. The third-order valence-corrected chi connectivity index (χ3v) is 10.7. The molecule has 1 aliphatic carbocycles. The molecule has 1 aromatic carbocycles. The maximum atomic E-state index is 13.6. The highest BCUT2D eigenvalue weighted by Crippen LogP contribution is 2.44. The minimum Gasteiger partial charge on any atom is -0.339 e. The Bertz CT molecular complexity index is 1350. The van der Waals surface area contributed by atoms with Crippen LogP contribution in [0.15, 0.2) is 53.0 Å². The summed E-state index contributed by atoms with van der Waals surface area (Å²) in [6, 6.07) is 11.7. The van der Waals surface area contributed by atoms with E-state index in [4.69, 9.17) is 0 Å². The molecule has 0 radical (unpaired) electrons. The maximum Gasteiger partial charge on any atom is 0.264 e. The number of fused-ring (bicyclic) bond motifs is 1. The number of carbonyl (C=O) groups is 3. The second-order valence-electron chi connectivity index (χ2n) is 10.4. The molecule has 0 unspecified atom stereocenters. The van der Waals surface area contributed by atoms with Crippen molar-refractivity contribution in [2.24, 2.45) is 5.41 Å². The summed E-state index contributed by atoms with van der Waals surface area (Å²) < 4.78 is 2.97. The summed E-state index contributed by atoms with van der Waals surface area (Å²) in [6.07, 6.45) is 10.9. The summed E-state index contributed by atoms with van der Waals surface area (Å²) >= 11 is 3.09. The van der Waals surface area contributed by atoms with Gasteiger partial charge in [0.15, 0.2) is 5.78 Å². The summed E-state index contributed by atoms with van der Waals surface area (Å²) in [5.41, 5.74) is 3.49. The molecule has 3 aliphatic rings. The van der Waals surface area contributed by atoms with Gasteiger partial charge in [-0.3, -0.25) is 14.4 Å². The summed E-state index contributed by atoms with van der Waals surface area (Å²) in [5, 5.41) is 0. The second-order valence-corrected chi connectivity index (χ2v) is 12.5. The van der Waals surface area contributed by atoms with Crippen LogP contribution in [0.5, 0.6) is 0 Å². The molecule has 2 aliphatic heterocycles. The zero-order valence-corrected chi connectivity index (χ0v) is 22.7. The highest BCUT2D eigenvalue weighted by Gasteiger charge is 2.44. The number of amides is 2. The largest absolute Gasteiger partial charge is 0.339 e. The van der Waals surface area contributed by atoms with Gasteiger partial charge in [-0.15, -0.1) is 23.1 Å². The predicted octanol–water partition coefficient (Wildman–Crippen LogP) is 5.55. The molecule has 3 aromatic rings. The highest BCUT2D eigenvalue weighted by atomic mass is 32.2. The number of aromatic nitrogens is 1. The third-order valence-electron chi connectivity index (χ3n) is 8.32. The molecule has 192 valence electrons. The van der Waals surface area contributed by atoms with Crippen molar-refractivity contribution >= 4 is 40.7 Å². The molecule has 0 bridgehead atoms. The van der Waals surface area contributed by atoms with E-state index in [1.807, 2.05) is 69.4 Å². The first kappa shape index (κ1) is 24.5. The van der Waals surface area contributed by atoms with Gasteiger partial charge in [-0.25, -0.2) is 0 Å². The van der Waals surface area contributed by atoms with E-state index < -0.39 is 0 Å². The van der Waals surface area contributed by atoms with E-state index in [9.17, 15) is 14.4 Å². The number of Topliss-reactive ketones (excluding diaryl/α,β-unsaturated/α-hetero) is 1. The number of piperidine rings is 1. The van der Waals surface area contributed by atoms with E-state index in [1.54, 1.807) is 11.8 Å². The minimum absolute atomic E-state index is 0.0713. The first-order valence-electron chi connectivity index (χ1n) is 13.0. The summed E-state index contributed by atoms with van der Waals surface area (Å²) in [7, 11) is 0. The smallest absolute Gasteiger partial charge is 0.264 e. The number of ketones is 1. The van der Waals surface area contributed by atoms with Gasteiger partial charge >= 0.3 is 0 Å².